The van der Waals surface area contributed by atoms with Gasteiger partial charge in [-0.25, -0.2) is 0 Å². The molecular weight excluding hydrogens is 406 g/mol. The summed E-state index contributed by atoms with van der Waals surface area (Å²) in [6, 6.07) is 17.6. The molecule has 2 aromatic rings. The van der Waals surface area contributed by atoms with Crippen molar-refractivity contribution in [3.63, 3.8) is 0 Å². The van der Waals surface area contributed by atoms with Crippen LogP contribution in [0.15, 0.2) is 54.6 Å². The van der Waals surface area contributed by atoms with Gasteiger partial charge in [0.15, 0.2) is 0 Å². The summed E-state index contributed by atoms with van der Waals surface area (Å²) in [5.74, 6) is -3.59. The van der Waals surface area contributed by atoms with E-state index in [1.807, 2.05) is 61.5 Å². The number of hydrogen-bond acceptors (Lipinski definition) is 3. The Morgan fingerprint density at radius 2 is 1.53 bits per heavy atom. The zero-order chi connectivity index (χ0) is 23.5. The van der Waals surface area contributed by atoms with Crippen molar-refractivity contribution in [3.8, 4) is 11.1 Å². The van der Waals surface area contributed by atoms with Gasteiger partial charge in [-0.2, -0.15) is 0 Å². The van der Waals surface area contributed by atoms with Gasteiger partial charge in [0, 0.05) is 12.5 Å². The molecule has 32 heavy (non-hydrogen) atoms. The molecule has 0 spiro atoms. The third-order valence-corrected chi connectivity index (χ3v) is 5.66. The van der Waals surface area contributed by atoms with E-state index in [1.165, 1.54) is 0 Å². The van der Waals surface area contributed by atoms with Crippen LogP contribution in [-0.2, 0) is 20.8 Å². The number of unbranched alkanes of at least 4 members (excludes halogenated alkanes) is 1. The largest absolute Gasteiger partial charge is 0.481 e. The Balaban J connectivity index is 2.08. The summed E-state index contributed by atoms with van der Waals surface area (Å²) in [5, 5.41) is 21.6. The van der Waals surface area contributed by atoms with Crippen LogP contribution in [0.3, 0.4) is 0 Å². The Morgan fingerprint density at radius 3 is 2.09 bits per heavy atom. The Morgan fingerprint density at radius 1 is 0.906 bits per heavy atom. The second kappa shape index (κ2) is 12.6. The third-order valence-electron chi connectivity index (χ3n) is 5.66. The SMILES string of the molecule is CCCCC(CC(=O)NC(Cc1ccc(-c2ccccc2)cc1)C[C@@H](C)C(=O)O)C(=O)O. The number of hydrogen-bond donors (Lipinski definition) is 3. The van der Waals surface area contributed by atoms with Gasteiger partial charge >= 0.3 is 11.9 Å². The molecule has 0 saturated heterocycles. The number of carbonyl (C=O) groups is 3. The number of nitrogens with one attached hydrogen (secondary N) is 1. The third kappa shape index (κ3) is 8.17. The summed E-state index contributed by atoms with van der Waals surface area (Å²) in [6.45, 7) is 3.59. The smallest absolute Gasteiger partial charge is 0.307 e. The van der Waals surface area contributed by atoms with Crippen molar-refractivity contribution in [2.75, 3.05) is 0 Å². The van der Waals surface area contributed by atoms with Crippen LogP contribution in [0.4, 0.5) is 0 Å². The van der Waals surface area contributed by atoms with Crippen LogP contribution in [0, 0.1) is 11.8 Å². The van der Waals surface area contributed by atoms with Crippen molar-refractivity contribution in [3.05, 3.63) is 60.2 Å². The number of rotatable bonds is 13. The lowest BCUT2D eigenvalue weighted by Gasteiger charge is -2.22. The minimum absolute atomic E-state index is 0.0970. The molecule has 2 unspecified atom stereocenters. The van der Waals surface area contributed by atoms with E-state index in [2.05, 4.69) is 5.32 Å². The topological polar surface area (TPSA) is 104 Å². The molecule has 2 aromatic carbocycles. The van der Waals surface area contributed by atoms with E-state index in [9.17, 15) is 24.6 Å². The molecule has 3 N–H and O–H groups in total. The minimum Gasteiger partial charge on any atom is -0.481 e. The minimum atomic E-state index is -0.972. The molecular formula is C26H33NO5. The van der Waals surface area contributed by atoms with Gasteiger partial charge in [-0.3, -0.25) is 14.4 Å². The summed E-state index contributed by atoms with van der Waals surface area (Å²) >= 11 is 0. The quantitative estimate of drug-likeness (QED) is 0.417. The van der Waals surface area contributed by atoms with E-state index < -0.39 is 29.8 Å². The van der Waals surface area contributed by atoms with E-state index in [-0.39, 0.29) is 18.7 Å². The van der Waals surface area contributed by atoms with E-state index >= 15 is 0 Å². The molecule has 0 aliphatic heterocycles. The lowest BCUT2D eigenvalue weighted by Crippen LogP contribution is -2.40. The van der Waals surface area contributed by atoms with Crippen molar-refractivity contribution in [2.45, 2.75) is 58.4 Å². The van der Waals surface area contributed by atoms with E-state index in [0.717, 1.165) is 29.5 Å². The maximum absolute atomic E-state index is 12.6. The second-order valence-corrected chi connectivity index (χ2v) is 8.39. The first-order valence-electron chi connectivity index (χ1n) is 11.2. The summed E-state index contributed by atoms with van der Waals surface area (Å²) in [7, 11) is 0. The van der Waals surface area contributed by atoms with E-state index in [0.29, 0.717) is 12.8 Å². The Kier molecular flexibility index (Phi) is 9.92. The summed E-state index contributed by atoms with van der Waals surface area (Å²) < 4.78 is 0. The van der Waals surface area contributed by atoms with Crippen molar-refractivity contribution in [1.82, 2.24) is 5.32 Å². The molecule has 0 heterocycles. The van der Waals surface area contributed by atoms with Crippen LogP contribution in [-0.4, -0.2) is 34.1 Å². The fraction of sp³-hybridized carbons (Fsp3) is 0.423. The normalized spacial score (nSPS) is 13.7. The molecule has 6 nitrogen and oxygen atoms in total. The number of carboxylic acids is 2. The second-order valence-electron chi connectivity index (χ2n) is 8.39. The van der Waals surface area contributed by atoms with Crippen molar-refractivity contribution >= 4 is 17.8 Å². The van der Waals surface area contributed by atoms with Gasteiger partial charge < -0.3 is 15.5 Å². The number of benzene rings is 2. The molecule has 0 saturated carbocycles. The van der Waals surface area contributed by atoms with Gasteiger partial charge in [-0.15, -0.1) is 0 Å². The highest BCUT2D eigenvalue weighted by molar-refractivity contribution is 5.82. The molecule has 0 radical (unpaired) electrons. The Labute approximate surface area is 189 Å². The maximum atomic E-state index is 12.6. The highest BCUT2D eigenvalue weighted by Gasteiger charge is 2.24. The molecule has 0 bridgehead atoms. The van der Waals surface area contributed by atoms with Gasteiger partial charge in [0.2, 0.25) is 5.91 Å². The summed E-state index contributed by atoms with van der Waals surface area (Å²) in [4.78, 5) is 35.4. The van der Waals surface area contributed by atoms with Crippen LogP contribution < -0.4 is 5.32 Å². The predicted molar refractivity (Wildman–Crippen MR) is 124 cm³/mol. The molecule has 0 aliphatic carbocycles. The molecule has 0 aliphatic rings. The highest BCUT2D eigenvalue weighted by Crippen LogP contribution is 2.21. The van der Waals surface area contributed by atoms with Crippen LogP contribution in [0.5, 0.6) is 0 Å². The van der Waals surface area contributed by atoms with Gasteiger partial charge in [-0.1, -0.05) is 81.3 Å². The number of aliphatic carboxylic acids is 2. The molecule has 0 fully saturated rings. The Bertz CT molecular complexity index is 879. The zero-order valence-electron chi connectivity index (χ0n) is 18.8. The van der Waals surface area contributed by atoms with Crippen LogP contribution in [0.25, 0.3) is 11.1 Å². The lowest BCUT2D eigenvalue weighted by atomic mass is 9.94. The highest BCUT2D eigenvalue weighted by atomic mass is 16.4. The molecule has 1 amide bonds. The molecule has 3 atom stereocenters. The molecule has 6 heteroatoms. The summed E-state index contributed by atoms with van der Waals surface area (Å²) in [6.07, 6.45) is 2.72. The van der Waals surface area contributed by atoms with Gasteiger partial charge in [0.1, 0.15) is 0 Å². The van der Waals surface area contributed by atoms with Crippen LogP contribution in [0.2, 0.25) is 0 Å². The molecule has 0 aromatic heterocycles. The van der Waals surface area contributed by atoms with E-state index in [4.69, 9.17) is 0 Å². The average molecular weight is 440 g/mol. The van der Waals surface area contributed by atoms with Crippen LogP contribution >= 0.6 is 0 Å². The standard InChI is InChI=1S/C26H33NO5/c1-3-4-8-22(26(31)32)17-24(28)27-23(15-18(2)25(29)30)16-19-11-13-21(14-12-19)20-9-6-5-7-10-20/h5-7,9-14,18,22-23H,3-4,8,15-17H2,1-2H3,(H,27,28)(H,29,30)(H,31,32)/t18-,22?,23?/m1/s1. The number of amides is 1. The first-order chi connectivity index (χ1) is 15.3. The van der Waals surface area contributed by atoms with Crippen molar-refractivity contribution < 1.29 is 24.6 Å². The first-order valence-corrected chi connectivity index (χ1v) is 11.2. The van der Waals surface area contributed by atoms with Crippen molar-refractivity contribution in [1.29, 1.82) is 0 Å². The number of carboxylic acid groups (broad SMARTS) is 2. The zero-order valence-corrected chi connectivity index (χ0v) is 18.8. The fourth-order valence-corrected chi connectivity index (χ4v) is 3.74. The Hall–Kier alpha value is -3.15. The van der Waals surface area contributed by atoms with Crippen LogP contribution in [0.1, 0.15) is 51.5 Å². The van der Waals surface area contributed by atoms with Crippen molar-refractivity contribution in [2.24, 2.45) is 11.8 Å². The van der Waals surface area contributed by atoms with E-state index in [1.54, 1.807) is 6.92 Å². The number of carbonyl (C=O) groups excluding carboxylic acids is 1. The molecule has 2 rings (SSSR count). The maximum Gasteiger partial charge on any atom is 0.307 e. The van der Waals surface area contributed by atoms with Gasteiger partial charge in [0.25, 0.3) is 0 Å². The fourth-order valence-electron chi connectivity index (χ4n) is 3.74. The average Bonchev–Trinajstić information content (AvgIpc) is 2.77. The summed E-state index contributed by atoms with van der Waals surface area (Å²) in [5.41, 5.74) is 3.16. The van der Waals surface area contributed by atoms with Gasteiger partial charge in [0.05, 0.1) is 11.8 Å². The predicted octanol–water partition coefficient (Wildman–Crippen LogP) is 4.77. The monoisotopic (exact) mass is 439 g/mol. The first kappa shape index (κ1) is 25.1. The molecule has 172 valence electrons. The van der Waals surface area contributed by atoms with Gasteiger partial charge in [-0.05, 0) is 36.0 Å². The lowest BCUT2D eigenvalue weighted by molar-refractivity contribution is -0.144.